The van der Waals surface area contributed by atoms with Crippen LogP contribution < -0.4 is 9.64 Å². The van der Waals surface area contributed by atoms with E-state index in [0.717, 1.165) is 43.4 Å². The van der Waals surface area contributed by atoms with Crippen LogP contribution in [0.2, 0.25) is 0 Å². The molecule has 4 fully saturated rings. The molecule has 2 aromatic carbocycles. The topological polar surface area (TPSA) is 73.3 Å². The molecule has 3 heterocycles. The number of methoxy groups -OCH3 is 1. The monoisotopic (exact) mass is 659 g/mol. The van der Waals surface area contributed by atoms with Gasteiger partial charge in [0.25, 0.3) is 5.91 Å². The van der Waals surface area contributed by atoms with Crippen molar-refractivity contribution in [3.8, 4) is 5.75 Å². The Morgan fingerprint density at radius 3 is 2.17 bits per heavy atom. The van der Waals surface area contributed by atoms with Gasteiger partial charge in [-0.3, -0.25) is 14.5 Å². The Labute approximate surface area is 273 Å². The standard InChI is InChI=1S/C36H45F4N3O4/c1-34(2)21-43(20-30(34)28-13-10-25(36(38,39)40)18-31(28)41-16-14-24(15-17-41)32(44)45)33(46)35(37)22-42(26-6-4-5-7-26)19-29(35)23-8-11-27(47-3)12-9-23/h8-13,18,24,26,29-30H,4-7,14-17,19-22H2,1-3H3,(H,44,45)/t29-,30?,35-/m0/s1. The molecule has 1 amide bonds. The highest BCUT2D eigenvalue weighted by Gasteiger charge is 2.58. The minimum Gasteiger partial charge on any atom is -0.497 e. The number of carboxylic acid groups (broad SMARTS) is 1. The molecule has 3 atom stereocenters. The highest BCUT2D eigenvalue weighted by Crippen LogP contribution is 2.50. The molecule has 256 valence electrons. The number of hydrogen-bond acceptors (Lipinski definition) is 5. The average molecular weight is 660 g/mol. The lowest BCUT2D eigenvalue weighted by atomic mass is 9.76. The molecule has 3 aliphatic heterocycles. The highest BCUT2D eigenvalue weighted by molar-refractivity contribution is 5.88. The van der Waals surface area contributed by atoms with Gasteiger partial charge < -0.3 is 19.6 Å². The molecule has 3 saturated heterocycles. The smallest absolute Gasteiger partial charge is 0.416 e. The first kappa shape index (κ1) is 33.6. The molecular weight excluding hydrogens is 614 g/mol. The Balaban J connectivity index is 1.31. The minimum atomic E-state index is -4.55. The van der Waals surface area contributed by atoms with Gasteiger partial charge in [0.2, 0.25) is 5.67 Å². The van der Waals surface area contributed by atoms with Crippen LogP contribution in [0.1, 0.15) is 80.9 Å². The van der Waals surface area contributed by atoms with E-state index in [-0.39, 0.29) is 31.6 Å². The number of likely N-dealkylation sites (tertiary alicyclic amines) is 2. The predicted molar refractivity (Wildman–Crippen MR) is 171 cm³/mol. The highest BCUT2D eigenvalue weighted by atomic mass is 19.4. The van der Waals surface area contributed by atoms with Crippen LogP contribution in [0.15, 0.2) is 42.5 Å². The first-order valence-corrected chi connectivity index (χ1v) is 16.8. The third-order valence-electron chi connectivity index (χ3n) is 11.3. The van der Waals surface area contributed by atoms with Crippen LogP contribution in [0, 0.1) is 11.3 Å². The molecule has 0 aromatic heterocycles. The van der Waals surface area contributed by atoms with Crippen molar-refractivity contribution in [3.63, 3.8) is 0 Å². The van der Waals surface area contributed by atoms with Crippen LogP contribution in [0.4, 0.5) is 23.2 Å². The number of hydrogen-bond donors (Lipinski definition) is 1. The van der Waals surface area contributed by atoms with Gasteiger partial charge in [0.15, 0.2) is 0 Å². The maximum Gasteiger partial charge on any atom is 0.416 e. The second-order valence-electron chi connectivity index (χ2n) is 14.7. The number of carbonyl (C=O) groups is 2. The number of anilines is 1. The summed E-state index contributed by atoms with van der Waals surface area (Å²) in [4.78, 5) is 31.6. The van der Waals surface area contributed by atoms with Gasteiger partial charge in [-0.05, 0) is 66.5 Å². The van der Waals surface area contributed by atoms with E-state index in [0.29, 0.717) is 49.5 Å². The van der Waals surface area contributed by atoms with Gasteiger partial charge in [-0.25, -0.2) is 4.39 Å². The molecular formula is C36H45F4N3O4. The lowest BCUT2D eigenvalue weighted by Gasteiger charge is -2.36. The summed E-state index contributed by atoms with van der Waals surface area (Å²) in [5.41, 5.74) is -1.67. The largest absolute Gasteiger partial charge is 0.497 e. The molecule has 0 bridgehead atoms. The third-order valence-corrected chi connectivity index (χ3v) is 11.3. The molecule has 47 heavy (non-hydrogen) atoms. The van der Waals surface area contributed by atoms with Crippen molar-refractivity contribution in [2.75, 3.05) is 51.3 Å². The number of amides is 1. The number of nitrogens with zero attached hydrogens (tertiary/aromatic N) is 3. The fourth-order valence-corrected chi connectivity index (χ4v) is 8.55. The van der Waals surface area contributed by atoms with E-state index >= 15 is 4.39 Å². The van der Waals surface area contributed by atoms with E-state index < -0.39 is 46.5 Å². The van der Waals surface area contributed by atoms with E-state index in [2.05, 4.69) is 4.90 Å². The maximum atomic E-state index is 17.6. The van der Waals surface area contributed by atoms with E-state index in [9.17, 15) is 27.9 Å². The van der Waals surface area contributed by atoms with Crippen LogP contribution in [0.5, 0.6) is 5.75 Å². The Kier molecular flexibility index (Phi) is 9.00. The van der Waals surface area contributed by atoms with Crippen molar-refractivity contribution in [2.45, 2.75) is 82.1 Å². The van der Waals surface area contributed by atoms with Crippen molar-refractivity contribution < 1.29 is 37.0 Å². The average Bonchev–Trinajstić information content (AvgIpc) is 3.78. The number of ether oxygens (including phenoxy) is 1. The Bertz CT molecular complexity index is 1470. The molecule has 2 aromatic rings. The van der Waals surface area contributed by atoms with E-state index in [1.54, 1.807) is 24.1 Å². The van der Waals surface area contributed by atoms with Gasteiger partial charge in [0, 0.05) is 62.8 Å². The first-order valence-electron chi connectivity index (χ1n) is 16.8. The summed E-state index contributed by atoms with van der Waals surface area (Å²) in [7, 11) is 1.57. The number of rotatable bonds is 7. The van der Waals surface area contributed by atoms with Crippen molar-refractivity contribution in [3.05, 3.63) is 59.2 Å². The van der Waals surface area contributed by atoms with Gasteiger partial charge >= 0.3 is 12.1 Å². The fraction of sp³-hybridized carbons (Fsp3) is 0.611. The molecule has 7 nitrogen and oxygen atoms in total. The number of aliphatic carboxylic acids is 1. The van der Waals surface area contributed by atoms with Crippen LogP contribution in [-0.2, 0) is 15.8 Å². The molecule has 0 spiro atoms. The van der Waals surface area contributed by atoms with Gasteiger partial charge in [-0.15, -0.1) is 0 Å². The van der Waals surface area contributed by atoms with Gasteiger partial charge in [0.1, 0.15) is 5.75 Å². The summed E-state index contributed by atoms with van der Waals surface area (Å²) in [5, 5.41) is 9.48. The molecule has 4 aliphatic rings. The van der Waals surface area contributed by atoms with Gasteiger partial charge in [0.05, 0.1) is 18.6 Å². The molecule has 11 heteroatoms. The molecule has 6 rings (SSSR count). The van der Waals surface area contributed by atoms with Gasteiger partial charge in [-0.1, -0.05) is 44.9 Å². The van der Waals surface area contributed by atoms with Crippen molar-refractivity contribution in [2.24, 2.45) is 11.3 Å². The van der Waals surface area contributed by atoms with Crippen molar-refractivity contribution >= 4 is 17.6 Å². The summed E-state index contributed by atoms with van der Waals surface area (Å²) in [6.45, 7) is 5.49. The minimum absolute atomic E-state index is 0.0127. The van der Waals surface area contributed by atoms with Crippen molar-refractivity contribution in [1.82, 2.24) is 9.80 Å². The zero-order valence-electron chi connectivity index (χ0n) is 27.4. The van der Waals surface area contributed by atoms with Crippen LogP contribution in [-0.4, -0.2) is 84.9 Å². The van der Waals surface area contributed by atoms with E-state index in [4.69, 9.17) is 4.74 Å². The maximum absolute atomic E-state index is 17.6. The lowest BCUT2D eigenvalue weighted by molar-refractivity contribution is -0.144. The summed E-state index contributed by atoms with van der Waals surface area (Å²) in [6.07, 6.45) is 0.263. The number of carbonyl (C=O) groups excluding carboxylic acids is 1. The number of carboxylic acids is 1. The van der Waals surface area contributed by atoms with Crippen molar-refractivity contribution in [1.29, 1.82) is 0 Å². The van der Waals surface area contributed by atoms with E-state index in [1.807, 2.05) is 30.9 Å². The second-order valence-corrected chi connectivity index (χ2v) is 14.7. The fourth-order valence-electron chi connectivity index (χ4n) is 8.55. The predicted octanol–water partition coefficient (Wildman–Crippen LogP) is 6.72. The quantitative estimate of drug-likeness (QED) is 0.333. The summed E-state index contributed by atoms with van der Waals surface area (Å²) >= 11 is 0. The van der Waals surface area contributed by atoms with Crippen LogP contribution in [0.25, 0.3) is 0 Å². The molecule has 1 N–H and O–H groups in total. The first-order chi connectivity index (χ1) is 22.2. The SMILES string of the molecule is COc1ccc([C@@H]2CN(C3CCCC3)C[C@@]2(F)C(=O)N2CC(c3ccc(C(F)(F)F)cc3N3CCC(C(=O)O)CC3)C(C)(C)C2)cc1. The Hall–Kier alpha value is -3.34. The lowest BCUT2D eigenvalue weighted by Crippen LogP contribution is -2.50. The Morgan fingerprint density at radius 1 is 0.915 bits per heavy atom. The number of benzene rings is 2. The number of halogens is 4. The van der Waals surface area contributed by atoms with E-state index in [1.165, 1.54) is 6.07 Å². The second kappa shape index (κ2) is 12.6. The normalized spacial score (nSPS) is 27.5. The molecule has 1 aliphatic carbocycles. The molecule has 1 saturated carbocycles. The zero-order chi connectivity index (χ0) is 33.7. The number of piperidine rings is 1. The van der Waals surface area contributed by atoms with Crippen LogP contribution in [0.3, 0.4) is 0 Å². The summed E-state index contributed by atoms with van der Waals surface area (Å²) < 4.78 is 64.6. The summed E-state index contributed by atoms with van der Waals surface area (Å²) in [6, 6.07) is 11.2. The Morgan fingerprint density at radius 2 is 1.57 bits per heavy atom. The van der Waals surface area contributed by atoms with Gasteiger partial charge in [-0.2, -0.15) is 13.2 Å². The molecule has 1 unspecified atom stereocenters. The summed E-state index contributed by atoms with van der Waals surface area (Å²) in [5.74, 6) is -2.36. The molecule has 0 radical (unpaired) electrons. The van der Waals surface area contributed by atoms with Crippen LogP contribution >= 0.6 is 0 Å². The third kappa shape index (κ3) is 6.44. The number of alkyl halides is 4. The zero-order valence-corrected chi connectivity index (χ0v) is 27.4.